The van der Waals surface area contributed by atoms with Crippen molar-refractivity contribution in [3.8, 4) is 0 Å². The number of hydrogen-bond donors (Lipinski definition) is 1. The first kappa shape index (κ1) is 9.77. The molecule has 0 aliphatic carbocycles. The van der Waals surface area contributed by atoms with Crippen LogP contribution in [0.15, 0.2) is 12.3 Å². The summed E-state index contributed by atoms with van der Waals surface area (Å²) in [5, 5.41) is 4.04. The first-order valence-corrected chi connectivity index (χ1v) is 4.47. The molecular weight excluding hydrogens is 166 g/mol. The van der Waals surface area contributed by atoms with Crippen molar-refractivity contribution >= 4 is 11.6 Å². The quantitative estimate of drug-likeness (QED) is 0.695. The van der Waals surface area contributed by atoms with Gasteiger partial charge in [0.15, 0.2) is 0 Å². The van der Waals surface area contributed by atoms with Crippen LogP contribution >= 0.6 is 0 Å². The molecule has 72 valence electrons. The summed E-state index contributed by atoms with van der Waals surface area (Å²) >= 11 is 0. The van der Waals surface area contributed by atoms with E-state index in [1.807, 2.05) is 6.20 Å². The molecule has 0 amide bonds. The van der Waals surface area contributed by atoms with Gasteiger partial charge in [0.25, 0.3) is 0 Å². The molecule has 0 saturated heterocycles. The average Bonchev–Trinajstić information content (AvgIpc) is 2.45. The van der Waals surface area contributed by atoms with Crippen LogP contribution in [0.3, 0.4) is 0 Å². The lowest BCUT2D eigenvalue weighted by atomic mass is 10.2. The second-order valence-electron chi connectivity index (χ2n) is 3.16. The molecule has 0 atom stereocenters. The van der Waals surface area contributed by atoms with Crippen LogP contribution in [-0.2, 0) is 11.3 Å². The Bertz CT molecular complexity index is 280. The number of hydrogen-bond acceptors (Lipinski definition) is 3. The lowest BCUT2D eigenvalue weighted by Gasteiger charge is -1.99. The van der Waals surface area contributed by atoms with E-state index in [2.05, 4.69) is 5.10 Å². The maximum absolute atomic E-state index is 10.6. The first-order valence-electron chi connectivity index (χ1n) is 4.47. The number of carbonyl (C=O) groups excluding carboxylic acids is 1. The van der Waals surface area contributed by atoms with Gasteiger partial charge in [-0.3, -0.25) is 4.68 Å². The van der Waals surface area contributed by atoms with E-state index in [0.29, 0.717) is 12.2 Å². The van der Waals surface area contributed by atoms with E-state index in [1.165, 1.54) is 0 Å². The predicted octanol–water partition coefficient (Wildman–Crippen LogP) is 1.22. The highest BCUT2D eigenvalue weighted by Crippen LogP contribution is 2.01. The van der Waals surface area contributed by atoms with Gasteiger partial charge in [-0.25, -0.2) is 0 Å². The molecule has 1 rings (SSSR count). The average molecular weight is 181 g/mol. The second-order valence-corrected chi connectivity index (χ2v) is 3.16. The van der Waals surface area contributed by atoms with Crippen LogP contribution in [0.4, 0.5) is 5.82 Å². The molecule has 1 aromatic heterocycles. The highest BCUT2D eigenvalue weighted by molar-refractivity contribution is 5.75. The lowest BCUT2D eigenvalue weighted by Crippen LogP contribution is -2.00. The van der Waals surface area contributed by atoms with E-state index in [9.17, 15) is 4.79 Å². The monoisotopic (exact) mass is 181 g/mol. The minimum atomic E-state index is 0.250. The molecule has 0 aliphatic heterocycles. The molecule has 0 fully saturated rings. The largest absolute Gasteiger partial charge is 0.382 e. The second kappa shape index (κ2) is 4.64. The third kappa shape index (κ3) is 3.73. The molecule has 0 radical (unpaired) electrons. The first-order chi connectivity index (χ1) is 6.18. The van der Waals surface area contributed by atoms with Crippen molar-refractivity contribution in [2.24, 2.45) is 0 Å². The number of unbranched alkanes of at least 4 members (excludes halogenated alkanes) is 1. The molecule has 0 aliphatic rings. The summed E-state index contributed by atoms with van der Waals surface area (Å²) in [6, 6.07) is 1.77. The Kier molecular flexibility index (Phi) is 3.49. The van der Waals surface area contributed by atoms with Gasteiger partial charge in [0.05, 0.1) is 0 Å². The van der Waals surface area contributed by atoms with Gasteiger partial charge in [-0.05, 0) is 25.8 Å². The van der Waals surface area contributed by atoms with Crippen LogP contribution in [-0.4, -0.2) is 15.6 Å². The number of nitrogen functional groups attached to an aromatic ring is 1. The Morgan fingerprint density at radius 2 is 2.38 bits per heavy atom. The summed E-state index contributed by atoms with van der Waals surface area (Å²) in [7, 11) is 0. The molecule has 0 spiro atoms. The Morgan fingerprint density at radius 3 is 2.92 bits per heavy atom. The Labute approximate surface area is 77.7 Å². The maximum Gasteiger partial charge on any atom is 0.145 e. The van der Waals surface area contributed by atoms with E-state index >= 15 is 0 Å². The molecule has 1 heterocycles. The molecule has 0 saturated carbocycles. The summed E-state index contributed by atoms with van der Waals surface area (Å²) in [6.45, 7) is 2.45. The number of aromatic nitrogens is 2. The third-order valence-electron chi connectivity index (χ3n) is 1.83. The van der Waals surface area contributed by atoms with Crippen LogP contribution in [0.5, 0.6) is 0 Å². The van der Waals surface area contributed by atoms with E-state index in [4.69, 9.17) is 5.73 Å². The van der Waals surface area contributed by atoms with Crippen molar-refractivity contribution < 1.29 is 4.79 Å². The number of aryl methyl sites for hydroxylation is 1. The molecule has 4 heteroatoms. The van der Waals surface area contributed by atoms with Crippen LogP contribution in [0.2, 0.25) is 0 Å². The van der Waals surface area contributed by atoms with E-state index in [-0.39, 0.29) is 5.78 Å². The standard InChI is InChI=1S/C9H15N3O/c1-8(13)4-2-3-6-12-7-5-9(10)11-12/h5,7H,2-4,6H2,1H3,(H2,10,11). The van der Waals surface area contributed by atoms with Gasteiger partial charge in [-0.1, -0.05) is 0 Å². The van der Waals surface area contributed by atoms with Gasteiger partial charge in [0, 0.05) is 19.2 Å². The van der Waals surface area contributed by atoms with Crippen molar-refractivity contribution in [2.75, 3.05) is 5.73 Å². The van der Waals surface area contributed by atoms with Gasteiger partial charge in [-0.2, -0.15) is 5.10 Å². The number of nitrogens with zero attached hydrogens (tertiary/aromatic N) is 2. The Hall–Kier alpha value is -1.32. The summed E-state index contributed by atoms with van der Waals surface area (Å²) in [5.74, 6) is 0.798. The zero-order valence-corrected chi connectivity index (χ0v) is 7.86. The zero-order chi connectivity index (χ0) is 9.68. The topological polar surface area (TPSA) is 60.9 Å². The van der Waals surface area contributed by atoms with Crippen molar-refractivity contribution in [3.63, 3.8) is 0 Å². The molecule has 13 heavy (non-hydrogen) atoms. The molecule has 4 nitrogen and oxygen atoms in total. The Balaban J connectivity index is 2.16. The van der Waals surface area contributed by atoms with Gasteiger partial charge < -0.3 is 10.5 Å². The SMILES string of the molecule is CC(=O)CCCCn1ccc(N)n1. The van der Waals surface area contributed by atoms with Gasteiger partial charge in [-0.15, -0.1) is 0 Å². The Morgan fingerprint density at radius 1 is 1.62 bits per heavy atom. The van der Waals surface area contributed by atoms with Crippen LogP contribution in [0, 0.1) is 0 Å². The minimum Gasteiger partial charge on any atom is -0.382 e. The summed E-state index contributed by atoms with van der Waals surface area (Å²) in [6.07, 6.45) is 4.41. The molecule has 1 aromatic rings. The molecule has 2 N–H and O–H groups in total. The predicted molar refractivity (Wildman–Crippen MR) is 51.2 cm³/mol. The van der Waals surface area contributed by atoms with Gasteiger partial charge in [0.2, 0.25) is 0 Å². The molecule has 0 aromatic carbocycles. The summed E-state index contributed by atoms with van der Waals surface area (Å²) in [4.78, 5) is 10.6. The van der Waals surface area contributed by atoms with E-state index < -0.39 is 0 Å². The number of anilines is 1. The van der Waals surface area contributed by atoms with Gasteiger partial charge in [0.1, 0.15) is 11.6 Å². The summed E-state index contributed by atoms with van der Waals surface area (Å²) < 4.78 is 1.80. The number of ketones is 1. The van der Waals surface area contributed by atoms with Gasteiger partial charge >= 0.3 is 0 Å². The number of carbonyl (C=O) groups is 1. The minimum absolute atomic E-state index is 0.250. The van der Waals surface area contributed by atoms with E-state index in [1.54, 1.807) is 17.7 Å². The zero-order valence-electron chi connectivity index (χ0n) is 7.86. The number of Topliss-reactive ketones (excluding diaryl/α,β-unsaturated/α-hetero) is 1. The van der Waals surface area contributed by atoms with Crippen molar-refractivity contribution in [1.82, 2.24) is 9.78 Å². The van der Waals surface area contributed by atoms with Crippen LogP contribution in [0.25, 0.3) is 0 Å². The normalized spacial score (nSPS) is 10.2. The fraction of sp³-hybridized carbons (Fsp3) is 0.556. The van der Waals surface area contributed by atoms with Crippen LogP contribution < -0.4 is 5.73 Å². The highest BCUT2D eigenvalue weighted by atomic mass is 16.1. The van der Waals surface area contributed by atoms with Crippen molar-refractivity contribution in [1.29, 1.82) is 0 Å². The van der Waals surface area contributed by atoms with Crippen molar-refractivity contribution in [2.45, 2.75) is 32.7 Å². The maximum atomic E-state index is 10.6. The van der Waals surface area contributed by atoms with Crippen LogP contribution in [0.1, 0.15) is 26.2 Å². The highest BCUT2D eigenvalue weighted by Gasteiger charge is 1.96. The lowest BCUT2D eigenvalue weighted by molar-refractivity contribution is -0.117. The molecular formula is C9H15N3O. The summed E-state index contributed by atoms with van der Waals surface area (Å²) in [5.41, 5.74) is 5.45. The number of rotatable bonds is 5. The molecule has 0 unspecified atom stereocenters. The fourth-order valence-electron chi connectivity index (χ4n) is 1.15. The number of nitrogens with two attached hydrogens (primary N) is 1. The van der Waals surface area contributed by atoms with E-state index in [0.717, 1.165) is 19.4 Å². The molecule has 0 bridgehead atoms. The van der Waals surface area contributed by atoms with Crippen molar-refractivity contribution in [3.05, 3.63) is 12.3 Å². The smallest absolute Gasteiger partial charge is 0.145 e. The third-order valence-corrected chi connectivity index (χ3v) is 1.83. The fourth-order valence-corrected chi connectivity index (χ4v) is 1.15.